The second-order valence-corrected chi connectivity index (χ2v) is 8.47. The molecule has 1 saturated carbocycles. The van der Waals surface area contributed by atoms with Crippen LogP contribution in [0.15, 0.2) is 18.2 Å². The normalized spacial score (nSPS) is 21.5. The molecular weight excluding hydrogens is 341 g/mol. The maximum Gasteiger partial charge on any atom is 0.272 e. The number of benzene rings is 1. The van der Waals surface area contributed by atoms with Gasteiger partial charge in [0, 0.05) is 17.0 Å². The molecule has 4 nitrogen and oxygen atoms in total. The molecule has 1 amide bonds. The Morgan fingerprint density at radius 2 is 2.04 bits per heavy atom. The quantitative estimate of drug-likeness (QED) is 0.852. The van der Waals surface area contributed by atoms with Crippen molar-refractivity contribution in [1.29, 1.82) is 0 Å². The van der Waals surface area contributed by atoms with Crippen molar-refractivity contribution in [2.45, 2.75) is 57.4 Å². The predicted molar refractivity (Wildman–Crippen MR) is 95.1 cm³/mol. The van der Waals surface area contributed by atoms with Gasteiger partial charge in [-0.2, -0.15) is 5.10 Å². The fourth-order valence-corrected chi connectivity index (χ4v) is 4.38. The molecule has 0 saturated heterocycles. The molecule has 2 aliphatic carbocycles. The van der Waals surface area contributed by atoms with Crippen LogP contribution in [0.1, 0.15) is 73.6 Å². The summed E-state index contributed by atoms with van der Waals surface area (Å²) < 4.78 is 15.2. The first-order chi connectivity index (χ1) is 11.7. The van der Waals surface area contributed by atoms with Crippen LogP contribution in [0.4, 0.5) is 4.39 Å². The molecule has 2 bridgehead atoms. The fourth-order valence-electron chi connectivity index (χ4n) is 4.13. The van der Waals surface area contributed by atoms with Crippen LogP contribution in [0.3, 0.4) is 0 Å². The van der Waals surface area contributed by atoms with Gasteiger partial charge < -0.3 is 5.32 Å². The standard InChI is InChI=1S/C19H21ClFN3O/c1-19(2,3)22-18(25)16-15-10-4-5-11(8-10)17(15)24(23-16)14-7-6-12(21)9-13(14)20/h6-7,9-11H,4-5,8H2,1-3H3,(H,22,25). The maximum atomic E-state index is 13.4. The van der Waals surface area contributed by atoms with E-state index in [1.165, 1.54) is 12.1 Å². The lowest BCUT2D eigenvalue weighted by Gasteiger charge is -2.20. The van der Waals surface area contributed by atoms with Gasteiger partial charge in [-0.15, -0.1) is 0 Å². The minimum atomic E-state index is -0.384. The van der Waals surface area contributed by atoms with E-state index in [1.54, 1.807) is 10.7 Å². The molecular formula is C19H21ClFN3O. The van der Waals surface area contributed by atoms with Crippen molar-refractivity contribution in [3.8, 4) is 5.69 Å². The van der Waals surface area contributed by atoms with Gasteiger partial charge in [0.1, 0.15) is 5.82 Å². The zero-order chi connectivity index (χ0) is 17.9. The topological polar surface area (TPSA) is 46.9 Å². The summed E-state index contributed by atoms with van der Waals surface area (Å²) >= 11 is 6.26. The van der Waals surface area contributed by atoms with E-state index < -0.39 is 0 Å². The zero-order valence-corrected chi connectivity index (χ0v) is 15.3. The Morgan fingerprint density at radius 1 is 1.32 bits per heavy atom. The third-order valence-electron chi connectivity index (χ3n) is 5.03. The smallest absolute Gasteiger partial charge is 0.272 e. The van der Waals surface area contributed by atoms with E-state index >= 15 is 0 Å². The number of amides is 1. The van der Waals surface area contributed by atoms with E-state index in [1.807, 2.05) is 20.8 Å². The van der Waals surface area contributed by atoms with Gasteiger partial charge in [-0.1, -0.05) is 11.6 Å². The van der Waals surface area contributed by atoms with E-state index in [0.717, 1.165) is 30.5 Å². The minimum absolute atomic E-state index is 0.159. The maximum absolute atomic E-state index is 13.4. The molecule has 1 heterocycles. The average Bonchev–Trinajstić information content (AvgIpc) is 3.17. The highest BCUT2D eigenvalue weighted by molar-refractivity contribution is 6.32. The number of carbonyl (C=O) groups excluding carboxylic acids is 1. The summed E-state index contributed by atoms with van der Waals surface area (Å²) in [5.41, 5.74) is 2.90. The predicted octanol–water partition coefficient (Wildman–Crippen LogP) is 4.56. The average molecular weight is 362 g/mol. The molecule has 6 heteroatoms. The number of rotatable bonds is 2. The Labute approximate surface area is 151 Å². The molecule has 1 N–H and O–H groups in total. The Morgan fingerprint density at radius 3 is 2.72 bits per heavy atom. The number of nitrogens with zero attached hydrogens (tertiary/aromatic N) is 2. The van der Waals surface area contributed by atoms with Gasteiger partial charge in [-0.25, -0.2) is 9.07 Å². The van der Waals surface area contributed by atoms with Gasteiger partial charge in [-0.05, 0) is 64.2 Å². The number of aromatic nitrogens is 2. The van der Waals surface area contributed by atoms with Gasteiger partial charge in [0.15, 0.2) is 5.69 Å². The molecule has 25 heavy (non-hydrogen) atoms. The highest BCUT2D eigenvalue weighted by Crippen LogP contribution is 2.54. The van der Waals surface area contributed by atoms with Crippen molar-refractivity contribution in [3.05, 3.63) is 46.0 Å². The van der Waals surface area contributed by atoms with Crippen LogP contribution in [0.2, 0.25) is 5.02 Å². The summed E-state index contributed by atoms with van der Waals surface area (Å²) in [6.45, 7) is 5.85. The second-order valence-electron chi connectivity index (χ2n) is 8.07. The van der Waals surface area contributed by atoms with Crippen molar-refractivity contribution < 1.29 is 9.18 Å². The highest BCUT2D eigenvalue weighted by atomic mass is 35.5. The first-order valence-electron chi connectivity index (χ1n) is 8.65. The van der Waals surface area contributed by atoms with Gasteiger partial charge in [0.05, 0.1) is 16.4 Å². The molecule has 2 aliphatic rings. The summed E-state index contributed by atoms with van der Waals surface area (Å²) in [5.74, 6) is 0.233. The lowest BCUT2D eigenvalue weighted by Crippen LogP contribution is -2.41. The molecule has 0 aliphatic heterocycles. The number of nitrogens with one attached hydrogen (secondary N) is 1. The number of halogens is 2. The van der Waals surface area contributed by atoms with Crippen LogP contribution < -0.4 is 5.32 Å². The molecule has 2 aromatic rings. The second kappa shape index (κ2) is 5.56. The van der Waals surface area contributed by atoms with E-state index in [4.69, 9.17) is 11.6 Å². The molecule has 1 aromatic carbocycles. The monoisotopic (exact) mass is 361 g/mol. The molecule has 0 radical (unpaired) electrons. The summed E-state index contributed by atoms with van der Waals surface area (Å²) in [7, 11) is 0. The number of hydrogen-bond acceptors (Lipinski definition) is 2. The first-order valence-corrected chi connectivity index (χ1v) is 9.03. The third kappa shape index (κ3) is 2.74. The van der Waals surface area contributed by atoms with Gasteiger partial charge in [0.2, 0.25) is 0 Å². The SMILES string of the molecule is CC(C)(C)NC(=O)c1nn(-c2ccc(F)cc2Cl)c2c1C1CCC2C1. The molecule has 4 rings (SSSR count). The van der Waals surface area contributed by atoms with Crippen LogP contribution in [-0.4, -0.2) is 21.2 Å². The molecule has 1 aromatic heterocycles. The Hall–Kier alpha value is -1.88. The van der Waals surface area contributed by atoms with Gasteiger partial charge >= 0.3 is 0 Å². The van der Waals surface area contributed by atoms with Crippen LogP contribution in [-0.2, 0) is 0 Å². The molecule has 1 fully saturated rings. The Balaban J connectivity index is 1.86. The molecule has 0 spiro atoms. The summed E-state index contributed by atoms with van der Waals surface area (Å²) in [4.78, 5) is 12.8. The summed E-state index contributed by atoms with van der Waals surface area (Å²) in [6.07, 6.45) is 3.25. The van der Waals surface area contributed by atoms with Gasteiger partial charge in [-0.3, -0.25) is 4.79 Å². The number of fused-ring (bicyclic) bond motifs is 5. The van der Waals surface area contributed by atoms with Crippen molar-refractivity contribution in [1.82, 2.24) is 15.1 Å². The van der Waals surface area contributed by atoms with Crippen LogP contribution in [0.25, 0.3) is 5.69 Å². The van der Waals surface area contributed by atoms with Crippen molar-refractivity contribution in [3.63, 3.8) is 0 Å². The van der Waals surface area contributed by atoms with E-state index in [9.17, 15) is 9.18 Å². The zero-order valence-electron chi connectivity index (χ0n) is 14.6. The van der Waals surface area contributed by atoms with Crippen LogP contribution in [0.5, 0.6) is 0 Å². The van der Waals surface area contributed by atoms with Crippen molar-refractivity contribution >= 4 is 17.5 Å². The lowest BCUT2D eigenvalue weighted by molar-refractivity contribution is 0.0912. The largest absolute Gasteiger partial charge is 0.346 e. The van der Waals surface area contributed by atoms with E-state index in [-0.39, 0.29) is 17.3 Å². The van der Waals surface area contributed by atoms with E-state index in [2.05, 4.69) is 10.4 Å². The van der Waals surface area contributed by atoms with E-state index in [0.29, 0.717) is 28.2 Å². The minimum Gasteiger partial charge on any atom is -0.346 e. The lowest BCUT2D eigenvalue weighted by atomic mass is 9.95. The summed E-state index contributed by atoms with van der Waals surface area (Å²) in [5, 5.41) is 7.92. The number of carbonyl (C=O) groups is 1. The summed E-state index contributed by atoms with van der Waals surface area (Å²) in [6, 6.07) is 4.28. The van der Waals surface area contributed by atoms with Gasteiger partial charge in [0.25, 0.3) is 5.91 Å². The Kier molecular flexibility index (Phi) is 3.69. The van der Waals surface area contributed by atoms with Crippen molar-refractivity contribution in [2.75, 3.05) is 0 Å². The van der Waals surface area contributed by atoms with Crippen LogP contribution >= 0.6 is 11.6 Å². The fraction of sp³-hybridized carbons (Fsp3) is 0.474. The molecule has 2 atom stereocenters. The number of hydrogen-bond donors (Lipinski definition) is 1. The third-order valence-corrected chi connectivity index (χ3v) is 5.33. The Bertz CT molecular complexity index is 868. The highest BCUT2D eigenvalue weighted by Gasteiger charge is 2.44. The van der Waals surface area contributed by atoms with Crippen molar-refractivity contribution in [2.24, 2.45) is 0 Å². The molecule has 132 valence electrons. The van der Waals surface area contributed by atoms with Crippen LogP contribution in [0, 0.1) is 5.82 Å². The first kappa shape index (κ1) is 16.6. The molecule has 2 unspecified atom stereocenters.